The summed E-state index contributed by atoms with van der Waals surface area (Å²) < 4.78 is 0. The zero-order valence-electron chi connectivity index (χ0n) is 11.2. The molecule has 1 aliphatic rings. The largest absolute Gasteiger partial charge is 0.397 e. The maximum Gasteiger partial charge on any atom is 0.238 e. The third-order valence-electron chi connectivity index (χ3n) is 3.21. The number of amides is 1. The van der Waals surface area contributed by atoms with Crippen LogP contribution in [0, 0.1) is 0 Å². The van der Waals surface area contributed by atoms with Crippen LogP contribution in [0.2, 0.25) is 5.02 Å². The van der Waals surface area contributed by atoms with Gasteiger partial charge in [0.1, 0.15) is 0 Å². The van der Waals surface area contributed by atoms with Crippen LogP contribution in [0.5, 0.6) is 0 Å². The fourth-order valence-corrected chi connectivity index (χ4v) is 2.32. The van der Waals surface area contributed by atoms with Crippen LogP contribution in [0.4, 0.5) is 11.4 Å². The van der Waals surface area contributed by atoms with E-state index < -0.39 is 0 Å². The second-order valence-electron chi connectivity index (χ2n) is 4.98. The van der Waals surface area contributed by atoms with Gasteiger partial charge in [-0.05, 0) is 44.0 Å². The van der Waals surface area contributed by atoms with E-state index in [2.05, 4.69) is 17.1 Å². The van der Waals surface area contributed by atoms with Gasteiger partial charge in [0.2, 0.25) is 5.91 Å². The average Bonchev–Trinajstić information content (AvgIpc) is 3.16. The summed E-state index contributed by atoms with van der Waals surface area (Å²) in [5.41, 5.74) is 6.94. The molecule has 0 atom stereocenters. The fourth-order valence-electron chi connectivity index (χ4n) is 2.14. The minimum absolute atomic E-state index is 0.0191. The van der Waals surface area contributed by atoms with Gasteiger partial charge in [-0.2, -0.15) is 0 Å². The minimum atomic E-state index is -0.0191. The Morgan fingerprint density at radius 2 is 2.26 bits per heavy atom. The van der Waals surface area contributed by atoms with Gasteiger partial charge in [0.05, 0.1) is 17.9 Å². The molecule has 0 spiro atoms. The SMILES string of the molecule is CCCN(CC(=O)Nc1ccc(Cl)cc1N)C1CC1. The number of anilines is 2. The number of carbonyl (C=O) groups excluding carboxylic acids is 1. The van der Waals surface area contributed by atoms with Crippen LogP contribution in [-0.4, -0.2) is 29.9 Å². The van der Waals surface area contributed by atoms with Gasteiger partial charge in [-0.15, -0.1) is 0 Å². The van der Waals surface area contributed by atoms with Crippen LogP contribution in [0.3, 0.4) is 0 Å². The molecule has 5 heteroatoms. The molecule has 1 aliphatic carbocycles. The summed E-state index contributed by atoms with van der Waals surface area (Å²) in [5, 5.41) is 3.42. The van der Waals surface area contributed by atoms with E-state index in [1.807, 2.05) is 0 Å². The zero-order chi connectivity index (χ0) is 13.8. The third kappa shape index (κ3) is 4.11. The van der Waals surface area contributed by atoms with E-state index in [1.54, 1.807) is 18.2 Å². The van der Waals surface area contributed by atoms with Crippen molar-refractivity contribution in [2.45, 2.75) is 32.2 Å². The number of halogens is 1. The standard InChI is InChI=1S/C14H20ClN3O/c1-2-7-18(11-4-5-11)9-14(19)17-13-6-3-10(15)8-12(13)16/h3,6,8,11H,2,4-5,7,9,16H2,1H3,(H,17,19). The summed E-state index contributed by atoms with van der Waals surface area (Å²) >= 11 is 5.83. The van der Waals surface area contributed by atoms with Crippen molar-refractivity contribution in [1.82, 2.24) is 4.90 Å². The van der Waals surface area contributed by atoms with Crippen LogP contribution in [-0.2, 0) is 4.79 Å². The summed E-state index contributed by atoms with van der Waals surface area (Å²) in [6.07, 6.45) is 3.47. The predicted molar refractivity (Wildman–Crippen MR) is 79.4 cm³/mol. The van der Waals surface area contributed by atoms with Crippen molar-refractivity contribution in [1.29, 1.82) is 0 Å². The molecule has 0 heterocycles. The molecule has 1 aromatic rings. The van der Waals surface area contributed by atoms with Crippen LogP contribution in [0.1, 0.15) is 26.2 Å². The number of nitrogens with one attached hydrogen (secondary N) is 1. The normalized spacial score (nSPS) is 14.7. The first-order valence-corrected chi connectivity index (χ1v) is 7.07. The van der Waals surface area contributed by atoms with Gasteiger partial charge in [0.25, 0.3) is 0 Å². The molecule has 0 saturated heterocycles. The molecule has 0 bridgehead atoms. The van der Waals surface area contributed by atoms with Crippen LogP contribution < -0.4 is 11.1 Å². The van der Waals surface area contributed by atoms with Crippen molar-refractivity contribution in [2.24, 2.45) is 0 Å². The molecule has 1 fully saturated rings. The van der Waals surface area contributed by atoms with Crippen molar-refractivity contribution < 1.29 is 4.79 Å². The fraction of sp³-hybridized carbons (Fsp3) is 0.500. The van der Waals surface area contributed by atoms with E-state index >= 15 is 0 Å². The van der Waals surface area contributed by atoms with E-state index in [9.17, 15) is 4.79 Å². The van der Waals surface area contributed by atoms with Gasteiger partial charge in [-0.3, -0.25) is 9.69 Å². The minimum Gasteiger partial charge on any atom is -0.397 e. The van der Waals surface area contributed by atoms with E-state index in [1.165, 1.54) is 12.8 Å². The number of rotatable bonds is 6. The zero-order valence-corrected chi connectivity index (χ0v) is 11.9. The molecule has 0 aromatic heterocycles. The molecule has 0 aliphatic heterocycles. The Morgan fingerprint density at radius 1 is 1.53 bits per heavy atom. The van der Waals surface area contributed by atoms with E-state index in [4.69, 9.17) is 17.3 Å². The first-order valence-electron chi connectivity index (χ1n) is 6.69. The summed E-state index contributed by atoms with van der Waals surface area (Å²) in [4.78, 5) is 14.3. The molecular weight excluding hydrogens is 262 g/mol. The van der Waals surface area contributed by atoms with Gasteiger partial charge in [-0.1, -0.05) is 18.5 Å². The van der Waals surface area contributed by atoms with E-state index in [0.29, 0.717) is 29.0 Å². The molecule has 104 valence electrons. The Morgan fingerprint density at radius 3 is 2.84 bits per heavy atom. The number of nitrogens with two attached hydrogens (primary N) is 1. The Balaban J connectivity index is 1.92. The lowest BCUT2D eigenvalue weighted by atomic mass is 10.2. The number of hydrogen-bond donors (Lipinski definition) is 2. The molecule has 2 rings (SSSR count). The second kappa shape index (κ2) is 6.26. The lowest BCUT2D eigenvalue weighted by molar-refractivity contribution is -0.117. The quantitative estimate of drug-likeness (QED) is 0.788. The smallest absolute Gasteiger partial charge is 0.238 e. The molecule has 1 amide bonds. The first kappa shape index (κ1) is 14.2. The molecule has 4 nitrogen and oxygen atoms in total. The Bertz CT molecular complexity index is 460. The molecule has 0 radical (unpaired) electrons. The van der Waals surface area contributed by atoms with Gasteiger partial charge in [-0.25, -0.2) is 0 Å². The Kier molecular flexibility index (Phi) is 4.66. The molecule has 0 unspecified atom stereocenters. The maximum atomic E-state index is 12.0. The topological polar surface area (TPSA) is 58.4 Å². The Hall–Kier alpha value is -1.26. The number of nitrogens with zero attached hydrogens (tertiary/aromatic N) is 1. The second-order valence-corrected chi connectivity index (χ2v) is 5.42. The van der Waals surface area contributed by atoms with Crippen molar-refractivity contribution in [2.75, 3.05) is 24.1 Å². The number of hydrogen-bond acceptors (Lipinski definition) is 3. The highest BCUT2D eigenvalue weighted by Crippen LogP contribution is 2.27. The van der Waals surface area contributed by atoms with E-state index in [0.717, 1.165) is 13.0 Å². The highest BCUT2D eigenvalue weighted by Gasteiger charge is 2.29. The van der Waals surface area contributed by atoms with Gasteiger partial charge < -0.3 is 11.1 Å². The van der Waals surface area contributed by atoms with E-state index in [-0.39, 0.29) is 5.91 Å². The van der Waals surface area contributed by atoms with Crippen molar-refractivity contribution in [3.63, 3.8) is 0 Å². The van der Waals surface area contributed by atoms with Gasteiger partial charge >= 0.3 is 0 Å². The highest BCUT2D eigenvalue weighted by atomic mass is 35.5. The van der Waals surface area contributed by atoms with Gasteiger partial charge in [0.15, 0.2) is 0 Å². The summed E-state index contributed by atoms with van der Waals surface area (Å²) in [7, 11) is 0. The van der Waals surface area contributed by atoms with Gasteiger partial charge in [0, 0.05) is 11.1 Å². The maximum absolute atomic E-state index is 12.0. The number of nitrogen functional groups attached to an aromatic ring is 1. The number of carbonyl (C=O) groups is 1. The molecule has 1 aromatic carbocycles. The van der Waals surface area contributed by atoms with Crippen LogP contribution in [0.15, 0.2) is 18.2 Å². The number of benzene rings is 1. The summed E-state index contributed by atoms with van der Waals surface area (Å²) in [6.45, 7) is 3.53. The lowest BCUT2D eigenvalue weighted by Crippen LogP contribution is -2.35. The van der Waals surface area contributed by atoms with Crippen LogP contribution >= 0.6 is 11.6 Å². The summed E-state index contributed by atoms with van der Waals surface area (Å²) in [6, 6.07) is 5.69. The average molecular weight is 282 g/mol. The molecule has 19 heavy (non-hydrogen) atoms. The molecule has 3 N–H and O–H groups in total. The third-order valence-corrected chi connectivity index (χ3v) is 3.44. The highest BCUT2D eigenvalue weighted by molar-refractivity contribution is 6.31. The predicted octanol–water partition coefficient (Wildman–Crippen LogP) is 2.74. The van der Waals surface area contributed by atoms with Crippen molar-refractivity contribution in [3.8, 4) is 0 Å². The lowest BCUT2D eigenvalue weighted by Gasteiger charge is -2.20. The van der Waals surface area contributed by atoms with Crippen molar-refractivity contribution >= 4 is 28.9 Å². The molecule has 1 saturated carbocycles. The summed E-state index contributed by atoms with van der Waals surface area (Å²) in [5.74, 6) is -0.0191. The molecular formula is C14H20ClN3O. The van der Waals surface area contributed by atoms with Crippen LogP contribution in [0.25, 0.3) is 0 Å². The van der Waals surface area contributed by atoms with Crippen molar-refractivity contribution in [3.05, 3.63) is 23.2 Å². The Labute approximate surface area is 118 Å². The first-order chi connectivity index (χ1) is 9.10. The monoisotopic (exact) mass is 281 g/mol.